The number of aromatic amines is 1. The van der Waals surface area contributed by atoms with Crippen LogP contribution in [0.2, 0.25) is 0 Å². The first kappa shape index (κ1) is 9.99. The fraction of sp³-hybridized carbons (Fsp3) is 0.714. The van der Waals surface area contributed by atoms with Crippen molar-refractivity contribution in [1.29, 1.82) is 0 Å². The maximum absolute atomic E-state index is 11.4. The number of morpholine rings is 1. The Morgan fingerprint density at radius 2 is 2.60 bits per heavy atom. The molecule has 1 aromatic rings. The zero-order chi connectivity index (χ0) is 10.5. The minimum Gasteiger partial charge on any atom is -0.378 e. The number of hydrogen-bond acceptors (Lipinski definition) is 6. The predicted molar refractivity (Wildman–Crippen MR) is 49.1 cm³/mol. The molecule has 0 aromatic carbocycles. The number of aromatic nitrogens is 4. The minimum absolute atomic E-state index is 0.0479. The number of ether oxygens (including phenoxy) is 1. The van der Waals surface area contributed by atoms with E-state index in [1.165, 1.54) is 0 Å². The molecular formula is C7H12N6O2. The zero-order valence-electron chi connectivity index (χ0n) is 8.06. The Bertz CT molecular complexity index is 307. The lowest BCUT2D eigenvalue weighted by Crippen LogP contribution is -2.48. The van der Waals surface area contributed by atoms with Gasteiger partial charge in [0.1, 0.15) is 0 Å². The van der Waals surface area contributed by atoms with Gasteiger partial charge in [-0.05, 0) is 5.21 Å². The lowest BCUT2D eigenvalue weighted by Gasteiger charge is -2.23. The predicted octanol–water partition coefficient (Wildman–Crippen LogP) is -2.08. The molecule has 1 saturated heterocycles. The van der Waals surface area contributed by atoms with Crippen molar-refractivity contribution in [2.75, 3.05) is 26.3 Å². The van der Waals surface area contributed by atoms with E-state index in [-0.39, 0.29) is 17.8 Å². The maximum atomic E-state index is 11.4. The van der Waals surface area contributed by atoms with Crippen LogP contribution in [0.25, 0.3) is 0 Å². The molecule has 1 aliphatic rings. The molecule has 1 aliphatic heterocycles. The third kappa shape index (κ3) is 2.70. The van der Waals surface area contributed by atoms with Gasteiger partial charge in [-0.1, -0.05) is 0 Å². The van der Waals surface area contributed by atoms with E-state index in [0.29, 0.717) is 13.2 Å². The first-order valence-corrected chi connectivity index (χ1v) is 4.69. The van der Waals surface area contributed by atoms with Crippen LogP contribution in [0.1, 0.15) is 10.6 Å². The van der Waals surface area contributed by atoms with Crippen molar-refractivity contribution in [3.63, 3.8) is 0 Å². The van der Waals surface area contributed by atoms with Gasteiger partial charge >= 0.3 is 0 Å². The zero-order valence-corrected chi connectivity index (χ0v) is 8.06. The monoisotopic (exact) mass is 212 g/mol. The molecule has 15 heavy (non-hydrogen) atoms. The van der Waals surface area contributed by atoms with Gasteiger partial charge in [0.25, 0.3) is 11.7 Å². The molecule has 0 spiro atoms. The number of tetrazole rings is 1. The lowest BCUT2D eigenvalue weighted by molar-refractivity contribution is 0.0732. The summed E-state index contributed by atoms with van der Waals surface area (Å²) in [5.74, 6) is -0.289. The fourth-order valence-electron chi connectivity index (χ4n) is 1.30. The van der Waals surface area contributed by atoms with E-state index in [1.807, 2.05) is 0 Å². The average Bonchev–Trinajstić information content (AvgIpc) is 2.81. The summed E-state index contributed by atoms with van der Waals surface area (Å²) in [6.07, 6.45) is 0. The van der Waals surface area contributed by atoms with Crippen LogP contribution in [0.4, 0.5) is 0 Å². The summed E-state index contributed by atoms with van der Waals surface area (Å²) in [7, 11) is 0. The van der Waals surface area contributed by atoms with Crippen LogP contribution in [0, 0.1) is 0 Å². The van der Waals surface area contributed by atoms with E-state index in [2.05, 4.69) is 31.3 Å². The molecule has 82 valence electrons. The Kier molecular flexibility index (Phi) is 3.20. The smallest absolute Gasteiger partial charge is 0.292 e. The van der Waals surface area contributed by atoms with Gasteiger partial charge in [0, 0.05) is 19.1 Å². The van der Waals surface area contributed by atoms with Crippen LogP contribution in [0.15, 0.2) is 0 Å². The lowest BCUT2D eigenvalue weighted by atomic mass is 10.3. The van der Waals surface area contributed by atoms with E-state index in [0.717, 1.165) is 13.2 Å². The van der Waals surface area contributed by atoms with Gasteiger partial charge in [0.05, 0.1) is 13.2 Å². The molecule has 3 N–H and O–H groups in total. The Hall–Kier alpha value is -1.54. The van der Waals surface area contributed by atoms with E-state index in [1.54, 1.807) is 0 Å². The van der Waals surface area contributed by atoms with Crippen molar-refractivity contribution in [1.82, 2.24) is 31.3 Å². The Balaban J connectivity index is 1.75. The number of amides is 1. The molecule has 1 amide bonds. The van der Waals surface area contributed by atoms with Crippen LogP contribution in [-0.2, 0) is 4.74 Å². The standard InChI is InChI=1S/C7H12N6O2/c14-7(6-10-12-13-11-6)9-3-5-4-15-2-1-8-5/h5,8H,1-4H2,(H,9,14)(H,10,11,12,13). The summed E-state index contributed by atoms with van der Waals surface area (Å²) >= 11 is 0. The number of rotatable bonds is 3. The fourth-order valence-corrected chi connectivity index (χ4v) is 1.30. The number of carbonyl (C=O) groups excluding carboxylic acids is 1. The van der Waals surface area contributed by atoms with E-state index < -0.39 is 0 Å². The summed E-state index contributed by atoms with van der Waals surface area (Å²) in [6, 6.07) is 0.148. The number of carbonyl (C=O) groups is 1. The molecule has 0 bridgehead atoms. The number of hydrogen-bond donors (Lipinski definition) is 3. The van der Waals surface area contributed by atoms with Crippen LogP contribution in [0.5, 0.6) is 0 Å². The van der Waals surface area contributed by atoms with Crippen LogP contribution in [0.3, 0.4) is 0 Å². The van der Waals surface area contributed by atoms with Gasteiger partial charge in [0.2, 0.25) is 0 Å². The topological polar surface area (TPSA) is 105 Å². The van der Waals surface area contributed by atoms with Gasteiger partial charge in [-0.3, -0.25) is 4.79 Å². The van der Waals surface area contributed by atoms with Crippen molar-refractivity contribution in [3.05, 3.63) is 5.82 Å². The van der Waals surface area contributed by atoms with Gasteiger partial charge in [-0.2, -0.15) is 5.21 Å². The highest BCUT2D eigenvalue weighted by Gasteiger charge is 2.16. The van der Waals surface area contributed by atoms with Crippen molar-refractivity contribution in [2.24, 2.45) is 0 Å². The molecule has 1 unspecified atom stereocenters. The van der Waals surface area contributed by atoms with E-state index >= 15 is 0 Å². The highest BCUT2D eigenvalue weighted by Crippen LogP contribution is 1.92. The van der Waals surface area contributed by atoms with Gasteiger partial charge in [-0.25, -0.2) is 0 Å². The molecule has 2 rings (SSSR count). The van der Waals surface area contributed by atoms with Crippen LogP contribution >= 0.6 is 0 Å². The Morgan fingerprint density at radius 3 is 3.27 bits per heavy atom. The van der Waals surface area contributed by atoms with Crippen molar-refractivity contribution in [2.45, 2.75) is 6.04 Å². The Labute approximate surface area is 85.8 Å². The van der Waals surface area contributed by atoms with Crippen molar-refractivity contribution in [3.8, 4) is 0 Å². The Morgan fingerprint density at radius 1 is 1.67 bits per heavy atom. The number of nitrogens with zero attached hydrogens (tertiary/aromatic N) is 3. The van der Waals surface area contributed by atoms with Gasteiger partial charge in [-0.15, -0.1) is 10.2 Å². The SMILES string of the molecule is O=C(NCC1COCCN1)c1nn[nH]n1. The molecule has 0 aliphatic carbocycles. The number of H-pyrrole nitrogens is 1. The molecular weight excluding hydrogens is 200 g/mol. The highest BCUT2D eigenvalue weighted by molar-refractivity contribution is 5.90. The molecule has 1 fully saturated rings. The quantitative estimate of drug-likeness (QED) is 0.531. The summed E-state index contributed by atoms with van der Waals surface area (Å²) in [6.45, 7) is 2.62. The van der Waals surface area contributed by atoms with Crippen molar-refractivity contribution >= 4 is 5.91 Å². The largest absolute Gasteiger partial charge is 0.378 e. The van der Waals surface area contributed by atoms with Crippen molar-refractivity contribution < 1.29 is 9.53 Å². The van der Waals surface area contributed by atoms with E-state index in [9.17, 15) is 4.79 Å². The van der Waals surface area contributed by atoms with E-state index in [4.69, 9.17) is 4.74 Å². The maximum Gasteiger partial charge on any atom is 0.292 e. The summed E-state index contributed by atoms with van der Waals surface area (Å²) in [5.41, 5.74) is 0. The highest BCUT2D eigenvalue weighted by atomic mass is 16.5. The average molecular weight is 212 g/mol. The summed E-state index contributed by atoms with van der Waals surface area (Å²) in [5, 5.41) is 18.6. The molecule has 0 radical (unpaired) electrons. The molecule has 2 heterocycles. The molecule has 8 heteroatoms. The second-order valence-electron chi connectivity index (χ2n) is 3.17. The summed E-state index contributed by atoms with van der Waals surface area (Å²) < 4.78 is 5.24. The first-order valence-electron chi connectivity index (χ1n) is 4.69. The molecule has 1 atom stereocenters. The third-order valence-corrected chi connectivity index (χ3v) is 2.06. The first-order chi connectivity index (χ1) is 7.36. The van der Waals surface area contributed by atoms with Crippen LogP contribution < -0.4 is 10.6 Å². The molecule has 1 aromatic heterocycles. The third-order valence-electron chi connectivity index (χ3n) is 2.06. The number of nitrogens with one attached hydrogen (secondary N) is 3. The van der Waals surface area contributed by atoms with Gasteiger partial charge in [0.15, 0.2) is 0 Å². The normalized spacial score (nSPS) is 21.2. The van der Waals surface area contributed by atoms with Gasteiger partial charge < -0.3 is 15.4 Å². The van der Waals surface area contributed by atoms with Crippen LogP contribution in [-0.4, -0.2) is 58.9 Å². The minimum atomic E-state index is -0.337. The summed E-state index contributed by atoms with van der Waals surface area (Å²) in [4.78, 5) is 11.4. The molecule has 8 nitrogen and oxygen atoms in total. The second-order valence-corrected chi connectivity index (χ2v) is 3.17. The second kappa shape index (κ2) is 4.80. The molecule has 0 saturated carbocycles.